The van der Waals surface area contributed by atoms with E-state index in [1.165, 1.54) is 0 Å². The van der Waals surface area contributed by atoms with Crippen molar-refractivity contribution in [3.05, 3.63) is 0 Å². The van der Waals surface area contributed by atoms with E-state index in [1.807, 2.05) is 0 Å². The Morgan fingerprint density at radius 1 is 1.12 bits per heavy atom. The van der Waals surface area contributed by atoms with Crippen molar-refractivity contribution in [3.8, 4) is 0 Å². The van der Waals surface area contributed by atoms with E-state index < -0.39 is 0 Å². The molecular formula is C5H16N2Zn. The third-order valence-electron chi connectivity index (χ3n) is 0.408. The maximum absolute atomic E-state index is 5.06. The Labute approximate surface area is 59.6 Å². The van der Waals surface area contributed by atoms with Crippen LogP contribution in [0.15, 0.2) is 0 Å². The fourth-order valence-corrected chi connectivity index (χ4v) is 0.118. The molecule has 4 N–H and O–H groups in total. The van der Waals surface area contributed by atoms with E-state index in [9.17, 15) is 0 Å². The fourth-order valence-electron chi connectivity index (χ4n) is 0.118. The molecule has 0 aliphatic rings. The zero-order valence-electron chi connectivity index (χ0n) is 5.98. The molecule has 0 rings (SSSR count). The third-order valence-corrected chi connectivity index (χ3v) is 0.408. The van der Waals surface area contributed by atoms with Crippen LogP contribution >= 0.6 is 0 Å². The van der Waals surface area contributed by atoms with Gasteiger partial charge in [-0.25, -0.2) is 0 Å². The van der Waals surface area contributed by atoms with Gasteiger partial charge in [0.25, 0.3) is 0 Å². The van der Waals surface area contributed by atoms with Crippen LogP contribution in [-0.4, -0.2) is 13.1 Å². The van der Waals surface area contributed by atoms with Crippen LogP contribution in [0.5, 0.6) is 0 Å². The quantitative estimate of drug-likeness (QED) is 0.590. The van der Waals surface area contributed by atoms with E-state index in [0.717, 1.165) is 19.5 Å². The van der Waals surface area contributed by atoms with Crippen molar-refractivity contribution in [2.24, 2.45) is 11.5 Å². The molecule has 0 fully saturated rings. The normalized spacial score (nSPS) is 6.50. The van der Waals surface area contributed by atoms with Crippen molar-refractivity contribution in [2.45, 2.75) is 17.5 Å². The van der Waals surface area contributed by atoms with Crippen LogP contribution in [0.1, 0.15) is 6.42 Å². The molecule has 0 amide bonds. The van der Waals surface area contributed by atoms with Gasteiger partial charge in [0.15, 0.2) is 0 Å². The number of rotatable bonds is 2. The molecule has 0 bridgehead atoms. The monoisotopic (exact) mass is 168 g/mol. The molecule has 0 aliphatic heterocycles. The van der Waals surface area contributed by atoms with Crippen LogP contribution in [0.3, 0.4) is 0 Å². The second-order valence-electron chi connectivity index (χ2n) is 1.64. The summed E-state index contributed by atoms with van der Waals surface area (Å²) in [4.78, 5) is 0. The van der Waals surface area contributed by atoms with Gasteiger partial charge >= 0.3 is 28.2 Å². The summed E-state index contributed by atoms with van der Waals surface area (Å²) in [5, 5.41) is 0. The van der Waals surface area contributed by atoms with Gasteiger partial charge in [0.1, 0.15) is 0 Å². The molecule has 0 aromatic rings. The van der Waals surface area contributed by atoms with Crippen molar-refractivity contribution < 1.29 is 17.1 Å². The molecule has 0 spiro atoms. The summed E-state index contributed by atoms with van der Waals surface area (Å²) in [6, 6.07) is 0. The van der Waals surface area contributed by atoms with Crippen LogP contribution in [-0.2, 0) is 17.1 Å². The summed E-state index contributed by atoms with van der Waals surface area (Å²) in [6.45, 7) is 1.44. The van der Waals surface area contributed by atoms with Crippen LogP contribution in [0.2, 0.25) is 11.0 Å². The summed E-state index contributed by atoms with van der Waals surface area (Å²) in [7, 11) is 0. The van der Waals surface area contributed by atoms with Crippen LogP contribution in [0, 0.1) is 0 Å². The molecule has 2 nitrogen and oxygen atoms in total. The van der Waals surface area contributed by atoms with Gasteiger partial charge in [-0.2, -0.15) is 0 Å². The molecule has 48 valence electrons. The van der Waals surface area contributed by atoms with Gasteiger partial charge in [-0.05, 0) is 19.5 Å². The van der Waals surface area contributed by atoms with Crippen molar-refractivity contribution in [1.29, 1.82) is 0 Å². The van der Waals surface area contributed by atoms with Crippen LogP contribution in [0.25, 0.3) is 0 Å². The van der Waals surface area contributed by atoms with E-state index >= 15 is 0 Å². The van der Waals surface area contributed by atoms with Crippen molar-refractivity contribution in [3.63, 3.8) is 0 Å². The molecule has 0 radical (unpaired) electrons. The summed E-state index contributed by atoms with van der Waals surface area (Å²) in [5.41, 5.74) is 14.7. The minimum absolute atomic E-state index is 0.125. The SMILES string of the molecule is NCCCN.[CH3][Zn][CH3]. The Morgan fingerprint density at radius 2 is 1.38 bits per heavy atom. The second-order valence-corrected chi connectivity index (χ2v) is 4.61. The summed E-state index contributed by atoms with van der Waals surface area (Å²) >= 11 is 0.125. The summed E-state index contributed by atoms with van der Waals surface area (Å²) < 4.78 is 0. The molecule has 0 heterocycles. The Hall–Kier alpha value is 0.543. The molecule has 0 saturated carbocycles. The van der Waals surface area contributed by atoms with Crippen molar-refractivity contribution >= 4 is 0 Å². The first-order valence-corrected chi connectivity index (χ1v) is 9.16. The Morgan fingerprint density at radius 3 is 1.38 bits per heavy atom. The molecule has 0 aliphatic carbocycles. The number of nitrogens with two attached hydrogens (primary N) is 2. The Bertz CT molecular complexity index is 24.4. The average Bonchev–Trinajstić information content (AvgIpc) is 1.71. The maximum atomic E-state index is 5.06. The van der Waals surface area contributed by atoms with Gasteiger partial charge in [-0.3, -0.25) is 0 Å². The van der Waals surface area contributed by atoms with Gasteiger partial charge < -0.3 is 11.5 Å². The van der Waals surface area contributed by atoms with E-state index in [-0.39, 0.29) is 17.1 Å². The number of hydrogen-bond acceptors (Lipinski definition) is 2. The first-order chi connectivity index (χ1) is 3.83. The molecule has 3 heteroatoms. The molecule has 8 heavy (non-hydrogen) atoms. The second kappa shape index (κ2) is 15.6. The van der Waals surface area contributed by atoms with Gasteiger partial charge in [0.2, 0.25) is 0 Å². The summed E-state index contributed by atoms with van der Waals surface area (Å²) in [5.74, 6) is 0. The topological polar surface area (TPSA) is 52.0 Å². The van der Waals surface area contributed by atoms with Crippen LogP contribution in [0.4, 0.5) is 0 Å². The van der Waals surface area contributed by atoms with Gasteiger partial charge in [-0.15, -0.1) is 0 Å². The first kappa shape index (κ1) is 11.4. The zero-order valence-corrected chi connectivity index (χ0v) is 8.95. The van der Waals surface area contributed by atoms with E-state index in [1.54, 1.807) is 0 Å². The third kappa shape index (κ3) is 31.1. The van der Waals surface area contributed by atoms with Gasteiger partial charge in [0, 0.05) is 0 Å². The minimum atomic E-state index is 0.125. The molecular weight excluding hydrogens is 153 g/mol. The molecule has 0 unspecified atom stereocenters. The van der Waals surface area contributed by atoms with Crippen molar-refractivity contribution in [2.75, 3.05) is 13.1 Å². The predicted octanol–water partition coefficient (Wildman–Crippen LogP) is 0.459. The molecule has 0 aromatic carbocycles. The van der Waals surface area contributed by atoms with Crippen LogP contribution < -0.4 is 11.5 Å². The fraction of sp³-hybridized carbons (Fsp3) is 1.00. The Balaban J connectivity index is 0. The summed E-state index contributed by atoms with van der Waals surface area (Å²) in [6.07, 6.45) is 0.944. The molecule has 0 atom stereocenters. The van der Waals surface area contributed by atoms with E-state index in [2.05, 4.69) is 11.0 Å². The molecule has 0 saturated heterocycles. The standard InChI is InChI=1S/C3H10N2.2CH3.Zn/c4-2-1-3-5;;;/h1-5H2;2*1H3;. The van der Waals surface area contributed by atoms with Gasteiger partial charge in [-0.1, -0.05) is 0 Å². The molecule has 0 aromatic heterocycles. The number of hydrogen-bond donors (Lipinski definition) is 2. The Kier molecular flexibility index (Phi) is 22.2. The predicted molar refractivity (Wildman–Crippen MR) is 34.5 cm³/mol. The van der Waals surface area contributed by atoms with E-state index in [4.69, 9.17) is 11.5 Å². The zero-order chi connectivity index (χ0) is 6.83. The average molecular weight is 170 g/mol. The first-order valence-electron chi connectivity index (χ1n) is 3.23. The van der Waals surface area contributed by atoms with E-state index in [0.29, 0.717) is 0 Å². The van der Waals surface area contributed by atoms with Crippen molar-refractivity contribution in [1.82, 2.24) is 0 Å². The van der Waals surface area contributed by atoms with Gasteiger partial charge in [0.05, 0.1) is 0 Å².